The van der Waals surface area contributed by atoms with E-state index in [1.807, 2.05) is 6.07 Å². The lowest BCUT2D eigenvalue weighted by Gasteiger charge is -2.09. The van der Waals surface area contributed by atoms with Gasteiger partial charge in [0.15, 0.2) is 0 Å². The van der Waals surface area contributed by atoms with E-state index in [9.17, 15) is 0 Å². The Morgan fingerprint density at radius 3 is 3.00 bits per heavy atom. The molecule has 3 nitrogen and oxygen atoms in total. The van der Waals surface area contributed by atoms with Gasteiger partial charge < -0.3 is 10.1 Å². The molecular weight excluding hydrogens is 224 g/mol. The van der Waals surface area contributed by atoms with Crippen LogP contribution in [0.5, 0.6) is 5.88 Å². The normalized spacial score (nSPS) is 14.5. The molecule has 0 unspecified atom stereocenters. The summed E-state index contributed by atoms with van der Waals surface area (Å²) in [7, 11) is 0. The SMILES string of the molecule is C=CCOc1cc(CNC2CC2)cc(CCC)n1. The molecule has 98 valence electrons. The highest BCUT2D eigenvalue weighted by Gasteiger charge is 2.20. The van der Waals surface area contributed by atoms with Gasteiger partial charge in [-0.05, 0) is 30.9 Å². The zero-order valence-corrected chi connectivity index (χ0v) is 11.1. The first-order valence-electron chi connectivity index (χ1n) is 6.78. The highest BCUT2D eigenvalue weighted by molar-refractivity contribution is 5.25. The van der Waals surface area contributed by atoms with Crippen molar-refractivity contribution in [3.63, 3.8) is 0 Å². The van der Waals surface area contributed by atoms with Gasteiger partial charge in [-0.2, -0.15) is 0 Å². The van der Waals surface area contributed by atoms with Gasteiger partial charge >= 0.3 is 0 Å². The van der Waals surface area contributed by atoms with E-state index in [1.54, 1.807) is 6.08 Å². The minimum atomic E-state index is 0.512. The van der Waals surface area contributed by atoms with Gasteiger partial charge in [0.25, 0.3) is 0 Å². The highest BCUT2D eigenvalue weighted by Crippen LogP contribution is 2.20. The van der Waals surface area contributed by atoms with Crippen molar-refractivity contribution in [2.24, 2.45) is 0 Å². The number of nitrogens with zero attached hydrogens (tertiary/aromatic N) is 1. The first kappa shape index (κ1) is 13.1. The molecule has 1 aromatic rings. The summed E-state index contributed by atoms with van der Waals surface area (Å²) in [5, 5.41) is 3.52. The molecule has 2 rings (SSSR count). The summed E-state index contributed by atoms with van der Waals surface area (Å²) < 4.78 is 5.55. The zero-order valence-electron chi connectivity index (χ0n) is 11.1. The van der Waals surface area contributed by atoms with Crippen LogP contribution in [0.25, 0.3) is 0 Å². The Bertz CT molecular complexity index is 399. The third-order valence-electron chi connectivity index (χ3n) is 2.94. The summed E-state index contributed by atoms with van der Waals surface area (Å²) in [6.45, 7) is 7.25. The van der Waals surface area contributed by atoms with Crippen LogP contribution in [-0.4, -0.2) is 17.6 Å². The van der Waals surface area contributed by atoms with Crippen molar-refractivity contribution in [1.82, 2.24) is 10.3 Å². The number of aromatic nitrogens is 1. The third-order valence-corrected chi connectivity index (χ3v) is 2.94. The molecule has 0 atom stereocenters. The maximum absolute atomic E-state index is 5.55. The van der Waals surface area contributed by atoms with Crippen LogP contribution in [0.3, 0.4) is 0 Å². The molecule has 18 heavy (non-hydrogen) atoms. The number of nitrogens with one attached hydrogen (secondary N) is 1. The Kier molecular flexibility index (Phi) is 4.76. The van der Waals surface area contributed by atoms with Gasteiger partial charge in [0.2, 0.25) is 5.88 Å². The minimum absolute atomic E-state index is 0.512. The van der Waals surface area contributed by atoms with Crippen LogP contribution < -0.4 is 10.1 Å². The van der Waals surface area contributed by atoms with E-state index in [1.165, 1.54) is 18.4 Å². The number of ether oxygens (including phenoxy) is 1. The van der Waals surface area contributed by atoms with Crippen LogP contribution in [0, 0.1) is 0 Å². The van der Waals surface area contributed by atoms with Gasteiger partial charge in [0.05, 0.1) is 0 Å². The molecule has 1 heterocycles. The highest BCUT2D eigenvalue weighted by atomic mass is 16.5. The molecule has 1 aliphatic carbocycles. The van der Waals surface area contributed by atoms with E-state index < -0.39 is 0 Å². The van der Waals surface area contributed by atoms with Crippen molar-refractivity contribution < 1.29 is 4.74 Å². The Labute approximate surface area is 109 Å². The number of hydrogen-bond acceptors (Lipinski definition) is 3. The van der Waals surface area contributed by atoms with Crippen LogP contribution in [0.4, 0.5) is 0 Å². The Morgan fingerprint density at radius 2 is 2.33 bits per heavy atom. The summed E-state index contributed by atoms with van der Waals surface area (Å²) in [6, 6.07) is 4.93. The second kappa shape index (κ2) is 6.55. The summed E-state index contributed by atoms with van der Waals surface area (Å²) in [5.74, 6) is 0.716. The average Bonchev–Trinajstić information content (AvgIpc) is 3.18. The van der Waals surface area contributed by atoms with Crippen LogP contribution in [0.15, 0.2) is 24.8 Å². The molecule has 0 aromatic carbocycles. The molecule has 0 amide bonds. The molecule has 0 saturated heterocycles. The van der Waals surface area contributed by atoms with Crippen molar-refractivity contribution in [2.45, 2.75) is 45.2 Å². The third kappa shape index (κ3) is 4.15. The fourth-order valence-corrected chi connectivity index (χ4v) is 1.87. The first-order chi connectivity index (χ1) is 8.81. The van der Waals surface area contributed by atoms with Gasteiger partial charge in [-0.25, -0.2) is 4.98 Å². The molecule has 1 saturated carbocycles. The number of hydrogen-bond donors (Lipinski definition) is 1. The lowest BCUT2D eigenvalue weighted by Crippen LogP contribution is -2.15. The summed E-state index contributed by atoms with van der Waals surface area (Å²) in [4.78, 5) is 4.51. The molecule has 0 bridgehead atoms. The van der Waals surface area contributed by atoms with Gasteiger partial charge in [-0.15, -0.1) is 0 Å². The van der Waals surface area contributed by atoms with Crippen molar-refractivity contribution in [3.8, 4) is 5.88 Å². The smallest absolute Gasteiger partial charge is 0.214 e. The van der Waals surface area contributed by atoms with Crippen molar-refractivity contribution >= 4 is 0 Å². The van der Waals surface area contributed by atoms with Crippen molar-refractivity contribution in [3.05, 3.63) is 36.0 Å². The Hall–Kier alpha value is -1.35. The summed E-state index contributed by atoms with van der Waals surface area (Å²) in [6.07, 6.45) is 6.48. The average molecular weight is 246 g/mol. The largest absolute Gasteiger partial charge is 0.473 e. The second-order valence-corrected chi connectivity index (χ2v) is 4.81. The maximum atomic E-state index is 5.55. The van der Waals surface area contributed by atoms with Crippen LogP contribution in [0.2, 0.25) is 0 Å². The first-order valence-corrected chi connectivity index (χ1v) is 6.78. The fraction of sp³-hybridized carbons (Fsp3) is 0.533. The van der Waals surface area contributed by atoms with E-state index in [0.717, 1.165) is 31.1 Å². The molecule has 3 heteroatoms. The van der Waals surface area contributed by atoms with E-state index >= 15 is 0 Å². The van der Waals surface area contributed by atoms with Crippen molar-refractivity contribution in [2.75, 3.05) is 6.61 Å². The fourth-order valence-electron chi connectivity index (χ4n) is 1.87. The van der Waals surface area contributed by atoms with Crippen LogP contribution in [0.1, 0.15) is 37.4 Å². The lowest BCUT2D eigenvalue weighted by molar-refractivity contribution is 0.347. The molecule has 0 radical (unpaired) electrons. The van der Waals surface area contributed by atoms with Crippen LogP contribution in [-0.2, 0) is 13.0 Å². The van der Waals surface area contributed by atoms with Gasteiger partial charge in [0, 0.05) is 24.3 Å². The van der Waals surface area contributed by atoms with Gasteiger partial charge in [0.1, 0.15) is 6.61 Å². The molecular formula is C15H22N2O. The molecule has 1 aliphatic rings. The molecule has 1 fully saturated rings. The molecule has 0 spiro atoms. The molecule has 1 N–H and O–H groups in total. The standard InChI is InChI=1S/C15H22N2O/c1-3-5-14-9-12(11-16-13-6-7-13)10-15(17-14)18-8-4-2/h4,9-10,13,16H,2-3,5-8,11H2,1H3. The van der Waals surface area contributed by atoms with Gasteiger partial charge in [-0.3, -0.25) is 0 Å². The zero-order chi connectivity index (χ0) is 12.8. The van der Waals surface area contributed by atoms with Crippen molar-refractivity contribution in [1.29, 1.82) is 0 Å². The number of aryl methyl sites for hydroxylation is 1. The van der Waals surface area contributed by atoms with E-state index in [0.29, 0.717) is 12.5 Å². The van der Waals surface area contributed by atoms with E-state index in [4.69, 9.17) is 4.74 Å². The van der Waals surface area contributed by atoms with E-state index in [-0.39, 0.29) is 0 Å². The van der Waals surface area contributed by atoms with Gasteiger partial charge in [-0.1, -0.05) is 26.0 Å². The number of pyridine rings is 1. The summed E-state index contributed by atoms with van der Waals surface area (Å²) in [5.41, 5.74) is 2.38. The minimum Gasteiger partial charge on any atom is -0.473 e. The second-order valence-electron chi connectivity index (χ2n) is 4.81. The predicted octanol–water partition coefficient (Wildman–Crippen LogP) is 2.85. The molecule has 1 aromatic heterocycles. The van der Waals surface area contributed by atoms with Crippen LogP contribution >= 0.6 is 0 Å². The maximum Gasteiger partial charge on any atom is 0.214 e. The monoisotopic (exact) mass is 246 g/mol. The Balaban J connectivity index is 2.04. The lowest BCUT2D eigenvalue weighted by atomic mass is 10.1. The Morgan fingerprint density at radius 1 is 1.50 bits per heavy atom. The molecule has 0 aliphatic heterocycles. The number of rotatable bonds is 8. The predicted molar refractivity (Wildman–Crippen MR) is 73.8 cm³/mol. The van der Waals surface area contributed by atoms with E-state index in [2.05, 4.69) is 29.9 Å². The summed E-state index contributed by atoms with van der Waals surface area (Å²) >= 11 is 0. The topological polar surface area (TPSA) is 34.1 Å². The quantitative estimate of drug-likeness (QED) is 0.716.